The van der Waals surface area contributed by atoms with Crippen molar-refractivity contribution in [1.29, 1.82) is 0 Å². The van der Waals surface area contributed by atoms with Crippen molar-refractivity contribution in [3.8, 4) is 0 Å². The Morgan fingerprint density at radius 3 is 2.40 bits per heavy atom. The van der Waals surface area contributed by atoms with E-state index in [1.807, 2.05) is 0 Å². The summed E-state index contributed by atoms with van der Waals surface area (Å²) in [7, 11) is 0. The number of hydrogen-bond donors (Lipinski definition) is 0. The monoisotopic (exact) mass is 275 g/mol. The lowest BCUT2D eigenvalue weighted by Crippen LogP contribution is -2.45. The van der Waals surface area contributed by atoms with E-state index >= 15 is 0 Å². The van der Waals surface area contributed by atoms with Gasteiger partial charge < -0.3 is 0 Å². The highest BCUT2D eigenvalue weighted by Crippen LogP contribution is 2.71. The molecule has 5 atom stereocenters. The molecule has 4 aliphatic rings. The molecule has 110 valence electrons. The van der Waals surface area contributed by atoms with Gasteiger partial charge in [-0.1, -0.05) is 20.3 Å². The van der Waals surface area contributed by atoms with Crippen LogP contribution in [0.3, 0.4) is 0 Å². The minimum atomic E-state index is 0.0352. The van der Waals surface area contributed by atoms with Crippen molar-refractivity contribution >= 4 is 11.8 Å². The van der Waals surface area contributed by atoms with Gasteiger partial charge in [-0.3, -0.25) is 14.5 Å². The molecule has 3 nitrogen and oxygen atoms in total. The SMILES string of the molecule is CCCC1CC2(CC2C)C2C(=O)N(C3CCC3)C(=O)C12. The smallest absolute Gasteiger partial charge is 0.233 e. The molecule has 3 heteroatoms. The third-order valence-electron chi connectivity index (χ3n) is 6.76. The summed E-state index contributed by atoms with van der Waals surface area (Å²) in [4.78, 5) is 27.4. The van der Waals surface area contributed by atoms with Gasteiger partial charge in [-0.2, -0.15) is 0 Å². The molecule has 4 rings (SSSR count). The molecule has 0 aromatic carbocycles. The quantitative estimate of drug-likeness (QED) is 0.743. The minimum Gasteiger partial charge on any atom is -0.279 e. The van der Waals surface area contributed by atoms with Gasteiger partial charge in [0.1, 0.15) is 0 Å². The normalized spacial score (nSPS) is 47.0. The summed E-state index contributed by atoms with van der Waals surface area (Å²) in [6.45, 7) is 4.47. The first kappa shape index (κ1) is 12.8. The number of likely N-dealkylation sites (tertiary alicyclic amines) is 1. The fourth-order valence-corrected chi connectivity index (χ4v) is 5.42. The molecule has 0 N–H and O–H groups in total. The predicted molar refractivity (Wildman–Crippen MR) is 75.7 cm³/mol. The average Bonchev–Trinajstić information content (AvgIpc) is 2.74. The van der Waals surface area contributed by atoms with Gasteiger partial charge in [0.05, 0.1) is 11.8 Å². The van der Waals surface area contributed by atoms with Crippen LogP contribution in [0.5, 0.6) is 0 Å². The van der Waals surface area contributed by atoms with Crippen LogP contribution in [0.1, 0.15) is 58.8 Å². The highest BCUT2D eigenvalue weighted by molar-refractivity contribution is 6.06. The van der Waals surface area contributed by atoms with E-state index in [1.54, 1.807) is 4.90 Å². The van der Waals surface area contributed by atoms with Gasteiger partial charge in [0.15, 0.2) is 0 Å². The summed E-state index contributed by atoms with van der Waals surface area (Å²) in [6, 6.07) is 0.244. The second kappa shape index (κ2) is 4.08. The molecule has 0 radical (unpaired) electrons. The molecule has 1 aliphatic heterocycles. The van der Waals surface area contributed by atoms with Gasteiger partial charge in [0.25, 0.3) is 0 Å². The minimum absolute atomic E-state index is 0.0352. The van der Waals surface area contributed by atoms with E-state index in [0.717, 1.165) is 32.1 Å². The standard InChI is InChI=1S/C17H25NO2/c1-3-5-11-9-17(8-10(17)2)14-13(11)15(19)18(16(14)20)12-6-4-7-12/h10-14H,3-9H2,1-2H3. The number of amides is 2. The van der Waals surface area contributed by atoms with Crippen LogP contribution in [-0.2, 0) is 9.59 Å². The lowest BCUT2D eigenvalue weighted by atomic mass is 9.86. The first-order chi connectivity index (χ1) is 9.60. The molecule has 0 bridgehead atoms. The molecule has 1 heterocycles. The van der Waals surface area contributed by atoms with Gasteiger partial charge in [0, 0.05) is 6.04 Å². The molecule has 1 saturated heterocycles. The second-order valence-corrected chi connectivity index (χ2v) is 7.73. The van der Waals surface area contributed by atoms with Crippen LogP contribution in [-0.4, -0.2) is 22.8 Å². The third kappa shape index (κ3) is 1.42. The Morgan fingerprint density at radius 2 is 1.90 bits per heavy atom. The zero-order chi connectivity index (χ0) is 14.1. The number of fused-ring (bicyclic) bond motifs is 2. The fourth-order valence-electron chi connectivity index (χ4n) is 5.42. The molecular formula is C17H25NO2. The summed E-state index contributed by atoms with van der Waals surface area (Å²) >= 11 is 0. The summed E-state index contributed by atoms with van der Waals surface area (Å²) in [6.07, 6.45) is 7.81. The van der Waals surface area contributed by atoms with Crippen molar-refractivity contribution in [1.82, 2.24) is 4.90 Å². The highest BCUT2D eigenvalue weighted by atomic mass is 16.2. The topological polar surface area (TPSA) is 37.4 Å². The van der Waals surface area contributed by atoms with Gasteiger partial charge >= 0.3 is 0 Å². The van der Waals surface area contributed by atoms with E-state index < -0.39 is 0 Å². The van der Waals surface area contributed by atoms with Gasteiger partial charge in [-0.15, -0.1) is 0 Å². The van der Waals surface area contributed by atoms with Crippen molar-refractivity contribution in [2.75, 3.05) is 0 Å². The van der Waals surface area contributed by atoms with E-state index in [0.29, 0.717) is 11.8 Å². The second-order valence-electron chi connectivity index (χ2n) is 7.73. The maximum atomic E-state index is 12.9. The molecular weight excluding hydrogens is 250 g/mol. The van der Waals surface area contributed by atoms with Crippen molar-refractivity contribution in [3.05, 3.63) is 0 Å². The van der Waals surface area contributed by atoms with Crippen LogP contribution in [0.4, 0.5) is 0 Å². The van der Waals surface area contributed by atoms with Crippen molar-refractivity contribution in [3.63, 3.8) is 0 Å². The maximum Gasteiger partial charge on any atom is 0.233 e. The number of carbonyl (C=O) groups excluding carboxylic acids is 2. The lowest BCUT2D eigenvalue weighted by Gasteiger charge is -2.34. The largest absolute Gasteiger partial charge is 0.279 e. The molecule has 0 aromatic rings. The van der Waals surface area contributed by atoms with Crippen LogP contribution in [0.15, 0.2) is 0 Å². The maximum absolute atomic E-state index is 12.9. The number of carbonyl (C=O) groups is 2. The molecule has 3 aliphatic carbocycles. The van der Waals surface area contributed by atoms with Crippen LogP contribution in [0.2, 0.25) is 0 Å². The Labute approximate surface area is 121 Å². The van der Waals surface area contributed by atoms with E-state index in [-0.39, 0.29) is 35.1 Å². The number of nitrogens with zero attached hydrogens (tertiary/aromatic N) is 1. The van der Waals surface area contributed by atoms with Crippen LogP contribution in [0.25, 0.3) is 0 Å². The molecule has 0 aromatic heterocycles. The van der Waals surface area contributed by atoms with E-state index in [9.17, 15) is 9.59 Å². The van der Waals surface area contributed by atoms with Crippen molar-refractivity contribution in [2.24, 2.45) is 29.1 Å². The zero-order valence-corrected chi connectivity index (χ0v) is 12.6. The summed E-state index contributed by atoms with van der Waals surface area (Å²) < 4.78 is 0. The molecule has 2 amide bonds. The summed E-state index contributed by atoms with van der Waals surface area (Å²) in [5, 5.41) is 0. The van der Waals surface area contributed by atoms with Gasteiger partial charge in [-0.25, -0.2) is 0 Å². The fraction of sp³-hybridized carbons (Fsp3) is 0.882. The van der Waals surface area contributed by atoms with Gasteiger partial charge in [0.2, 0.25) is 11.8 Å². The molecule has 4 fully saturated rings. The van der Waals surface area contributed by atoms with Crippen LogP contribution in [0, 0.1) is 29.1 Å². The Hall–Kier alpha value is -0.860. The first-order valence-electron chi connectivity index (χ1n) is 8.47. The number of hydrogen-bond acceptors (Lipinski definition) is 2. The predicted octanol–water partition coefficient (Wildman–Crippen LogP) is 2.99. The van der Waals surface area contributed by atoms with Crippen LogP contribution < -0.4 is 0 Å². The summed E-state index contributed by atoms with van der Waals surface area (Å²) in [5.41, 5.74) is 0.204. The number of rotatable bonds is 3. The molecule has 20 heavy (non-hydrogen) atoms. The Bertz CT molecular complexity index is 470. The number of imide groups is 1. The van der Waals surface area contributed by atoms with Crippen molar-refractivity contribution in [2.45, 2.75) is 64.8 Å². The van der Waals surface area contributed by atoms with Crippen molar-refractivity contribution < 1.29 is 9.59 Å². The Morgan fingerprint density at radius 1 is 1.20 bits per heavy atom. The summed E-state index contributed by atoms with van der Waals surface area (Å²) in [5.74, 6) is 1.59. The lowest BCUT2D eigenvalue weighted by molar-refractivity contribution is -0.146. The molecule has 3 saturated carbocycles. The van der Waals surface area contributed by atoms with E-state index in [2.05, 4.69) is 13.8 Å². The van der Waals surface area contributed by atoms with Crippen LogP contribution >= 0.6 is 0 Å². The van der Waals surface area contributed by atoms with Gasteiger partial charge in [-0.05, 0) is 55.8 Å². The van der Waals surface area contributed by atoms with E-state index in [1.165, 1.54) is 12.8 Å². The molecule has 1 spiro atoms. The third-order valence-corrected chi connectivity index (χ3v) is 6.76. The Kier molecular flexibility index (Phi) is 2.62. The highest BCUT2D eigenvalue weighted by Gasteiger charge is 2.72. The van der Waals surface area contributed by atoms with E-state index in [4.69, 9.17) is 0 Å². The molecule has 5 unspecified atom stereocenters. The Balaban J connectivity index is 1.67. The average molecular weight is 275 g/mol. The first-order valence-corrected chi connectivity index (χ1v) is 8.47. The zero-order valence-electron chi connectivity index (χ0n) is 12.6.